The number of benzene rings is 1. The Morgan fingerprint density at radius 3 is 2.37 bits per heavy atom. The van der Waals surface area contributed by atoms with Crippen LogP contribution in [0, 0.1) is 11.8 Å². The number of nitrogens with one attached hydrogen (secondary N) is 2. The molecule has 5 nitrogen and oxygen atoms in total. The molecule has 0 aliphatic carbocycles. The van der Waals surface area contributed by atoms with Gasteiger partial charge in [0.15, 0.2) is 5.96 Å². The van der Waals surface area contributed by atoms with Gasteiger partial charge in [-0.3, -0.25) is 9.89 Å². The highest BCUT2D eigenvalue weighted by molar-refractivity contribution is 5.79. The van der Waals surface area contributed by atoms with Gasteiger partial charge in [0.2, 0.25) is 0 Å². The third kappa shape index (κ3) is 7.92. The quantitative estimate of drug-likeness (QED) is 0.504. The van der Waals surface area contributed by atoms with Crippen molar-refractivity contribution in [2.24, 2.45) is 16.8 Å². The van der Waals surface area contributed by atoms with Crippen LogP contribution in [0.25, 0.3) is 0 Å². The van der Waals surface area contributed by atoms with Crippen molar-refractivity contribution in [2.45, 2.75) is 59.0 Å². The molecule has 2 N–H and O–H groups in total. The van der Waals surface area contributed by atoms with Gasteiger partial charge in [-0.15, -0.1) is 0 Å². The zero-order valence-corrected chi connectivity index (χ0v) is 19.5. The van der Waals surface area contributed by atoms with E-state index in [-0.39, 0.29) is 0 Å². The van der Waals surface area contributed by atoms with E-state index >= 15 is 0 Å². The molecule has 2 aliphatic rings. The number of piperidine rings is 2. The van der Waals surface area contributed by atoms with Crippen LogP contribution in [0.2, 0.25) is 0 Å². The van der Waals surface area contributed by atoms with Crippen LogP contribution in [-0.4, -0.2) is 62.1 Å². The highest BCUT2D eigenvalue weighted by Gasteiger charge is 2.20. The molecule has 0 radical (unpaired) electrons. The largest absolute Gasteiger partial charge is 0.356 e. The summed E-state index contributed by atoms with van der Waals surface area (Å²) in [7, 11) is 1.86. The van der Waals surface area contributed by atoms with Crippen molar-refractivity contribution in [2.75, 3.05) is 46.3 Å². The maximum Gasteiger partial charge on any atom is 0.191 e. The van der Waals surface area contributed by atoms with E-state index in [1.807, 2.05) is 7.05 Å². The number of likely N-dealkylation sites (tertiary alicyclic amines) is 2. The van der Waals surface area contributed by atoms with Crippen molar-refractivity contribution in [1.82, 2.24) is 20.4 Å². The van der Waals surface area contributed by atoms with Crippen molar-refractivity contribution >= 4 is 5.96 Å². The zero-order valence-electron chi connectivity index (χ0n) is 19.5. The summed E-state index contributed by atoms with van der Waals surface area (Å²) < 4.78 is 0. The molecule has 168 valence electrons. The molecule has 0 spiro atoms. The Bertz CT molecular complexity index is 633. The first-order valence-corrected chi connectivity index (χ1v) is 12.1. The standard InChI is InChI=1S/C25H43N5/c1-21(2)18-30-15-7-8-24(20-30)17-28-25(26-3)27-16-22-9-11-23(12-10-22)19-29-13-5-4-6-14-29/h9-12,21,24H,4-8,13-20H2,1-3H3,(H2,26,27,28). The molecular weight excluding hydrogens is 370 g/mol. The average Bonchev–Trinajstić information content (AvgIpc) is 2.75. The van der Waals surface area contributed by atoms with Gasteiger partial charge in [0, 0.05) is 39.8 Å². The number of guanidine groups is 1. The van der Waals surface area contributed by atoms with Crippen LogP contribution in [0.15, 0.2) is 29.3 Å². The molecule has 0 saturated carbocycles. The van der Waals surface area contributed by atoms with E-state index in [4.69, 9.17) is 0 Å². The van der Waals surface area contributed by atoms with E-state index in [1.165, 1.54) is 76.0 Å². The lowest BCUT2D eigenvalue weighted by atomic mass is 9.97. The van der Waals surface area contributed by atoms with Crippen LogP contribution >= 0.6 is 0 Å². The maximum atomic E-state index is 4.42. The molecule has 2 saturated heterocycles. The van der Waals surface area contributed by atoms with Crippen LogP contribution in [0.5, 0.6) is 0 Å². The van der Waals surface area contributed by atoms with Crippen molar-refractivity contribution < 1.29 is 0 Å². The van der Waals surface area contributed by atoms with Gasteiger partial charge in [-0.1, -0.05) is 44.5 Å². The summed E-state index contributed by atoms with van der Waals surface area (Å²) in [6.45, 7) is 13.7. The lowest BCUT2D eigenvalue weighted by Gasteiger charge is -2.34. The molecule has 3 rings (SSSR count). The molecular formula is C25H43N5. The number of rotatable bonds is 8. The van der Waals surface area contributed by atoms with Gasteiger partial charge in [0.1, 0.15) is 0 Å². The predicted octanol–water partition coefficient (Wildman–Crippen LogP) is 3.71. The molecule has 1 aromatic carbocycles. The van der Waals surface area contributed by atoms with E-state index < -0.39 is 0 Å². The van der Waals surface area contributed by atoms with Gasteiger partial charge in [0.05, 0.1) is 0 Å². The fourth-order valence-electron chi connectivity index (χ4n) is 4.79. The van der Waals surface area contributed by atoms with E-state index in [9.17, 15) is 0 Å². The van der Waals surface area contributed by atoms with E-state index in [1.54, 1.807) is 0 Å². The van der Waals surface area contributed by atoms with Gasteiger partial charge in [-0.25, -0.2) is 0 Å². The van der Waals surface area contributed by atoms with Crippen molar-refractivity contribution in [3.8, 4) is 0 Å². The molecule has 2 aliphatic heterocycles. The second-order valence-corrected chi connectivity index (χ2v) is 9.62. The summed E-state index contributed by atoms with van der Waals surface area (Å²) in [5.74, 6) is 2.37. The fraction of sp³-hybridized carbons (Fsp3) is 0.720. The second kappa shape index (κ2) is 12.3. The molecule has 30 heavy (non-hydrogen) atoms. The van der Waals surface area contributed by atoms with Gasteiger partial charge in [0.25, 0.3) is 0 Å². The molecule has 2 fully saturated rings. The summed E-state index contributed by atoms with van der Waals surface area (Å²) in [6, 6.07) is 9.08. The first-order chi connectivity index (χ1) is 14.6. The molecule has 5 heteroatoms. The molecule has 0 bridgehead atoms. The van der Waals surface area contributed by atoms with Crippen molar-refractivity contribution in [3.63, 3.8) is 0 Å². The molecule has 0 aromatic heterocycles. The molecule has 1 aromatic rings. The lowest BCUT2D eigenvalue weighted by Crippen LogP contribution is -2.44. The van der Waals surface area contributed by atoms with Crippen LogP contribution < -0.4 is 10.6 Å². The Labute approximate surface area is 184 Å². The highest BCUT2D eigenvalue weighted by atomic mass is 15.2. The van der Waals surface area contributed by atoms with Gasteiger partial charge < -0.3 is 15.5 Å². The Hall–Kier alpha value is -1.59. The highest BCUT2D eigenvalue weighted by Crippen LogP contribution is 2.17. The molecule has 1 unspecified atom stereocenters. The van der Waals surface area contributed by atoms with E-state index in [0.29, 0.717) is 5.92 Å². The minimum Gasteiger partial charge on any atom is -0.356 e. The Morgan fingerprint density at radius 2 is 1.67 bits per heavy atom. The average molecular weight is 414 g/mol. The smallest absolute Gasteiger partial charge is 0.191 e. The SMILES string of the molecule is CN=C(NCc1ccc(CN2CCCCC2)cc1)NCC1CCCN(CC(C)C)C1. The minimum atomic E-state index is 0.713. The number of hydrogen-bond donors (Lipinski definition) is 2. The summed E-state index contributed by atoms with van der Waals surface area (Å²) in [5, 5.41) is 7.04. The number of aliphatic imine (C=N–C) groups is 1. The monoisotopic (exact) mass is 413 g/mol. The van der Waals surface area contributed by atoms with Gasteiger partial charge >= 0.3 is 0 Å². The summed E-state index contributed by atoms with van der Waals surface area (Å²) in [6.07, 6.45) is 6.73. The second-order valence-electron chi connectivity index (χ2n) is 9.62. The lowest BCUT2D eigenvalue weighted by molar-refractivity contribution is 0.159. The Morgan fingerprint density at radius 1 is 0.967 bits per heavy atom. The van der Waals surface area contributed by atoms with E-state index in [2.05, 4.69) is 63.5 Å². The topological polar surface area (TPSA) is 42.9 Å². The third-order valence-electron chi connectivity index (χ3n) is 6.35. The molecule has 1 atom stereocenters. The fourth-order valence-corrected chi connectivity index (χ4v) is 4.79. The van der Waals surface area contributed by atoms with Crippen molar-refractivity contribution in [3.05, 3.63) is 35.4 Å². The van der Waals surface area contributed by atoms with Crippen LogP contribution in [0.1, 0.15) is 57.1 Å². The van der Waals surface area contributed by atoms with Crippen molar-refractivity contribution in [1.29, 1.82) is 0 Å². The summed E-state index contributed by atoms with van der Waals surface area (Å²) >= 11 is 0. The molecule has 0 amide bonds. The van der Waals surface area contributed by atoms with Crippen LogP contribution in [0.3, 0.4) is 0 Å². The normalized spacial score (nSPS) is 21.7. The van der Waals surface area contributed by atoms with Gasteiger partial charge in [-0.05, 0) is 68.3 Å². The number of nitrogens with zero attached hydrogens (tertiary/aromatic N) is 3. The predicted molar refractivity (Wildman–Crippen MR) is 128 cm³/mol. The summed E-state index contributed by atoms with van der Waals surface area (Å²) in [5.41, 5.74) is 2.73. The van der Waals surface area contributed by atoms with Crippen LogP contribution in [0.4, 0.5) is 0 Å². The van der Waals surface area contributed by atoms with E-state index in [0.717, 1.165) is 31.5 Å². The number of hydrogen-bond acceptors (Lipinski definition) is 3. The Kier molecular flexibility index (Phi) is 9.47. The van der Waals surface area contributed by atoms with Gasteiger partial charge in [-0.2, -0.15) is 0 Å². The van der Waals surface area contributed by atoms with Crippen LogP contribution in [-0.2, 0) is 13.1 Å². The first-order valence-electron chi connectivity index (χ1n) is 12.1. The Balaban J connectivity index is 1.38. The first kappa shape index (κ1) is 23.1. The third-order valence-corrected chi connectivity index (χ3v) is 6.35. The summed E-state index contributed by atoms with van der Waals surface area (Å²) in [4.78, 5) is 9.63. The zero-order chi connectivity index (χ0) is 21.2. The molecule has 2 heterocycles. The maximum absolute atomic E-state index is 4.42. The minimum absolute atomic E-state index is 0.713.